The Hall–Kier alpha value is -1.07. The van der Waals surface area contributed by atoms with Crippen molar-refractivity contribution < 1.29 is 14.1 Å². The molecule has 1 rings (SSSR count). The Morgan fingerprint density at radius 2 is 2.44 bits per heavy atom. The summed E-state index contributed by atoms with van der Waals surface area (Å²) in [6.45, 7) is 2.59. The number of methoxy groups -OCH3 is 1. The number of aromatic nitrogens is 1. The summed E-state index contributed by atoms with van der Waals surface area (Å²) < 4.78 is 9.79. The minimum atomic E-state index is -0.210. The number of alkyl halides is 1. The van der Waals surface area contributed by atoms with E-state index in [1.807, 2.05) is 6.92 Å². The van der Waals surface area contributed by atoms with Crippen molar-refractivity contribution >= 4 is 17.5 Å². The molecule has 1 atom stereocenters. The van der Waals surface area contributed by atoms with Crippen LogP contribution in [0.3, 0.4) is 0 Å². The number of carbonyl (C=O) groups is 1. The van der Waals surface area contributed by atoms with Gasteiger partial charge in [-0.25, -0.2) is 0 Å². The lowest BCUT2D eigenvalue weighted by Gasteiger charge is -2.16. The maximum Gasteiger partial charge on any atom is 0.275 e. The van der Waals surface area contributed by atoms with E-state index in [-0.39, 0.29) is 17.0 Å². The van der Waals surface area contributed by atoms with Crippen LogP contribution >= 0.6 is 11.6 Å². The second-order valence-corrected chi connectivity index (χ2v) is 4.32. The zero-order chi connectivity index (χ0) is 12.1. The lowest BCUT2D eigenvalue weighted by Crippen LogP contribution is -2.31. The molecule has 0 aliphatic rings. The van der Waals surface area contributed by atoms with Crippen molar-refractivity contribution in [3.8, 4) is 0 Å². The molecular formula is C10H15ClN2O3. The second kappa shape index (κ2) is 5.86. The molecule has 5 nitrogen and oxygen atoms in total. The van der Waals surface area contributed by atoms with Gasteiger partial charge in [-0.3, -0.25) is 4.79 Å². The summed E-state index contributed by atoms with van der Waals surface area (Å²) in [5.74, 6) is 0.316. The van der Waals surface area contributed by atoms with Crippen LogP contribution in [0, 0.1) is 0 Å². The number of halogens is 1. The maximum absolute atomic E-state index is 11.8. The van der Waals surface area contributed by atoms with E-state index in [1.54, 1.807) is 20.2 Å². The summed E-state index contributed by atoms with van der Waals surface area (Å²) in [6, 6.07) is 1.57. The molecule has 0 aliphatic carbocycles. The summed E-state index contributed by atoms with van der Waals surface area (Å²) in [7, 11) is 3.22. The molecule has 16 heavy (non-hydrogen) atoms. The zero-order valence-corrected chi connectivity index (χ0v) is 10.3. The van der Waals surface area contributed by atoms with E-state index in [4.69, 9.17) is 20.9 Å². The lowest BCUT2D eigenvalue weighted by molar-refractivity contribution is 0.0785. The van der Waals surface area contributed by atoms with Crippen molar-refractivity contribution in [1.82, 2.24) is 10.1 Å². The number of amides is 1. The Morgan fingerprint density at radius 3 is 3.00 bits per heavy atom. The quantitative estimate of drug-likeness (QED) is 0.740. The van der Waals surface area contributed by atoms with Crippen molar-refractivity contribution in [2.75, 3.05) is 20.7 Å². The molecule has 6 heteroatoms. The van der Waals surface area contributed by atoms with E-state index in [0.29, 0.717) is 18.9 Å². The van der Waals surface area contributed by atoms with E-state index >= 15 is 0 Å². The minimum absolute atomic E-state index is 0.0979. The molecule has 0 N–H and O–H groups in total. The van der Waals surface area contributed by atoms with Gasteiger partial charge in [-0.05, 0) is 6.92 Å². The zero-order valence-electron chi connectivity index (χ0n) is 9.57. The summed E-state index contributed by atoms with van der Waals surface area (Å²) in [4.78, 5) is 13.3. The van der Waals surface area contributed by atoms with Crippen LogP contribution in [0.15, 0.2) is 10.6 Å². The summed E-state index contributed by atoms with van der Waals surface area (Å²) in [5.41, 5.74) is 0.270. The van der Waals surface area contributed by atoms with Gasteiger partial charge in [-0.1, -0.05) is 5.16 Å². The predicted molar refractivity (Wildman–Crippen MR) is 59.5 cm³/mol. The standard InChI is InChI=1S/C10H15ClN2O3/c1-7(11)5-13(2)10(14)9-4-8(6-15-3)16-12-9/h4,7H,5-6H2,1-3H3. The highest BCUT2D eigenvalue weighted by Gasteiger charge is 2.17. The van der Waals surface area contributed by atoms with Crippen molar-refractivity contribution in [2.24, 2.45) is 0 Å². The summed E-state index contributed by atoms with van der Waals surface area (Å²) in [5, 5.41) is 3.58. The number of nitrogens with zero attached hydrogens (tertiary/aromatic N) is 2. The Bertz CT molecular complexity index is 352. The van der Waals surface area contributed by atoms with Crippen LogP contribution in [0.25, 0.3) is 0 Å². The fraction of sp³-hybridized carbons (Fsp3) is 0.600. The minimum Gasteiger partial charge on any atom is -0.377 e. The third-order valence-corrected chi connectivity index (χ3v) is 2.07. The molecule has 1 unspecified atom stereocenters. The Kier molecular flexibility index (Phi) is 4.76. The molecule has 0 radical (unpaired) electrons. The molecule has 1 amide bonds. The average Bonchev–Trinajstić information content (AvgIpc) is 2.64. The van der Waals surface area contributed by atoms with E-state index < -0.39 is 0 Å². The van der Waals surface area contributed by atoms with E-state index in [1.165, 1.54) is 4.90 Å². The van der Waals surface area contributed by atoms with Gasteiger partial charge in [0, 0.05) is 32.1 Å². The number of carbonyl (C=O) groups excluding carboxylic acids is 1. The molecule has 0 fully saturated rings. The molecule has 1 heterocycles. The van der Waals surface area contributed by atoms with E-state index in [2.05, 4.69) is 5.16 Å². The maximum atomic E-state index is 11.8. The highest BCUT2D eigenvalue weighted by molar-refractivity contribution is 6.20. The van der Waals surface area contributed by atoms with Gasteiger partial charge < -0.3 is 14.2 Å². The van der Waals surface area contributed by atoms with Crippen molar-refractivity contribution in [2.45, 2.75) is 18.9 Å². The molecule has 0 spiro atoms. The van der Waals surface area contributed by atoms with E-state index in [0.717, 1.165) is 0 Å². The highest BCUT2D eigenvalue weighted by atomic mass is 35.5. The molecule has 1 aromatic rings. The summed E-state index contributed by atoms with van der Waals surface area (Å²) in [6.07, 6.45) is 0. The first-order valence-corrected chi connectivity index (χ1v) is 5.32. The van der Waals surface area contributed by atoms with Crippen molar-refractivity contribution in [3.05, 3.63) is 17.5 Å². The van der Waals surface area contributed by atoms with Crippen molar-refractivity contribution in [3.63, 3.8) is 0 Å². The van der Waals surface area contributed by atoms with Crippen LogP contribution in [0.1, 0.15) is 23.2 Å². The highest BCUT2D eigenvalue weighted by Crippen LogP contribution is 2.08. The Labute approximate surface area is 99.3 Å². The Balaban J connectivity index is 2.64. The smallest absolute Gasteiger partial charge is 0.275 e. The van der Waals surface area contributed by atoms with Crippen LogP contribution in [0.4, 0.5) is 0 Å². The first-order valence-electron chi connectivity index (χ1n) is 4.88. The SMILES string of the molecule is COCc1cc(C(=O)N(C)CC(C)Cl)no1. The van der Waals surface area contributed by atoms with Crippen LogP contribution in [0.2, 0.25) is 0 Å². The van der Waals surface area contributed by atoms with Crippen LogP contribution in [-0.4, -0.2) is 42.0 Å². The van der Waals surface area contributed by atoms with Gasteiger partial charge in [0.05, 0.1) is 0 Å². The molecule has 1 aromatic heterocycles. The van der Waals surface area contributed by atoms with Crippen LogP contribution < -0.4 is 0 Å². The fourth-order valence-electron chi connectivity index (χ4n) is 1.28. The third-order valence-electron chi connectivity index (χ3n) is 1.94. The largest absolute Gasteiger partial charge is 0.377 e. The molecule has 0 bridgehead atoms. The van der Waals surface area contributed by atoms with Gasteiger partial charge in [-0.2, -0.15) is 0 Å². The third kappa shape index (κ3) is 3.50. The lowest BCUT2D eigenvalue weighted by atomic mass is 10.3. The number of hydrogen-bond acceptors (Lipinski definition) is 4. The predicted octanol–water partition coefficient (Wildman–Crippen LogP) is 1.52. The second-order valence-electron chi connectivity index (χ2n) is 3.58. The molecular weight excluding hydrogens is 232 g/mol. The van der Waals surface area contributed by atoms with Gasteiger partial charge in [-0.15, -0.1) is 11.6 Å². The van der Waals surface area contributed by atoms with Gasteiger partial charge in [0.25, 0.3) is 5.91 Å². The van der Waals surface area contributed by atoms with Crippen LogP contribution in [0.5, 0.6) is 0 Å². The van der Waals surface area contributed by atoms with Gasteiger partial charge in [0.1, 0.15) is 6.61 Å². The number of hydrogen-bond donors (Lipinski definition) is 0. The summed E-state index contributed by atoms with van der Waals surface area (Å²) >= 11 is 5.80. The van der Waals surface area contributed by atoms with Gasteiger partial charge in [0.2, 0.25) is 0 Å². The number of ether oxygens (including phenoxy) is 1. The molecule has 0 aromatic carbocycles. The fourth-order valence-corrected chi connectivity index (χ4v) is 1.49. The first-order chi connectivity index (χ1) is 7.54. The first kappa shape index (κ1) is 13.0. The van der Waals surface area contributed by atoms with Gasteiger partial charge in [0.15, 0.2) is 11.5 Å². The topological polar surface area (TPSA) is 55.6 Å². The monoisotopic (exact) mass is 246 g/mol. The molecule has 0 aliphatic heterocycles. The molecule has 90 valence electrons. The van der Waals surface area contributed by atoms with Crippen LogP contribution in [-0.2, 0) is 11.3 Å². The Morgan fingerprint density at radius 1 is 1.75 bits per heavy atom. The average molecular weight is 247 g/mol. The normalized spacial score (nSPS) is 12.5. The van der Waals surface area contributed by atoms with Crippen molar-refractivity contribution in [1.29, 1.82) is 0 Å². The number of rotatable bonds is 5. The van der Waals surface area contributed by atoms with E-state index in [9.17, 15) is 4.79 Å². The molecule has 0 saturated heterocycles. The molecule has 0 saturated carbocycles. The van der Waals surface area contributed by atoms with Gasteiger partial charge >= 0.3 is 0 Å².